The van der Waals surface area contributed by atoms with E-state index in [0.29, 0.717) is 0 Å². The standard InChI is InChI=1S/C13H17BrS/c14-12-9-5-6-10-13(12)15-11-7-3-1-2-4-8-11/h5-6,9-11H,1-4,7-8H2. The molecule has 1 aliphatic carbocycles. The molecular formula is C13H17BrS. The number of thioether (sulfide) groups is 1. The highest BCUT2D eigenvalue weighted by atomic mass is 79.9. The Morgan fingerprint density at radius 2 is 1.67 bits per heavy atom. The Kier molecular flexibility index (Phi) is 4.58. The van der Waals surface area contributed by atoms with Crippen molar-refractivity contribution in [2.45, 2.75) is 48.7 Å². The van der Waals surface area contributed by atoms with E-state index in [-0.39, 0.29) is 0 Å². The molecule has 1 aromatic carbocycles. The molecule has 2 heteroatoms. The van der Waals surface area contributed by atoms with E-state index in [4.69, 9.17) is 0 Å². The fraction of sp³-hybridized carbons (Fsp3) is 0.538. The van der Waals surface area contributed by atoms with Gasteiger partial charge in [-0.15, -0.1) is 11.8 Å². The van der Waals surface area contributed by atoms with Crippen molar-refractivity contribution in [3.63, 3.8) is 0 Å². The van der Waals surface area contributed by atoms with Crippen LogP contribution in [0.15, 0.2) is 33.6 Å². The van der Waals surface area contributed by atoms with Crippen molar-refractivity contribution in [1.29, 1.82) is 0 Å². The Morgan fingerprint density at radius 3 is 2.33 bits per heavy atom. The molecule has 0 N–H and O–H groups in total. The van der Waals surface area contributed by atoms with Crippen LogP contribution in [0, 0.1) is 0 Å². The molecule has 82 valence electrons. The third-order valence-corrected chi connectivity index (χ3v) is 5.30. The van der Waals surface area contributed by atoms with Crippen LogP contribution in [0.4, 0.5) is 0 Å². The molecule has 1 fully saturated rings. The van der Waals surface area contributed by atoms with Crippen LogP contribution >= 0.6 is 27.7 Å². The first-order chi connectivity index (χ1) is 7.36. The Morgan fingerprint density at radius 1 is 1.00 bits per heavy atom. The number of halogens is 1. The summed E-state index contributed by atoms with van der Waals surface area (Å²) in [5.74, 6) is 0. The van der Waals surface area contributed by atoms with Gasteiger partial charge >= 0.3 is 0 Å². The molecule has 0 spiro atoms. The van der Waals surface area contributed by atoms with E-state index in [1.807, 2.05) is 0 Å². The monoisotopic (exact) mass is 284 g/mol. The highest BCUT2D eigenvalue weighted by Crippen LogP contribution is 2.36. The SMILES string of the molecule is Brc1ccccc1SC1CCCCCC1. The first-order valence-electron chi connectivity index (χ1n) is 5.77. The van der Waals surface area contributed by atoms with Gasteiger partial charge in [0.2, 0.25) is 0 Å². The van der Waals surface area contributed by atoms with Crippen molar-refractivity contribution in [2.75, 3.05) is 0 Å². The second-order valence-electron chi connectivity index (χ2n) is 4.16. The first kappa shape index (κ1) is 11.5. The molecule has 1 saturated carbocycles. The van der Waals surface area contributed by atoms with Gasteiger partial charge in [-0.05, 0) is 40.9 Å². The van der Waals surface area contributed by atoms with Crippen LogP contribution in [0.3, 0.4) is 0 Å². The first-order valence-corrected chi connectivity index (χ1v) is 7.45. The highest BCUT2D eigenvalue weighted by Gasteiger charge is 2.14. The van der Waals surface area contributed by atoms with Crippen LogP contribution in [-0.2, 0) is 0 Å². The molecule has 0 aliphatic heterocycles. The van der Waals surface area contributed by atoms with Gasteiger partial charge in [-0.1, -0.05) is 37.8 Å². The summed E-state index contributed by atoms with van der Waals surface area (Å²) in [6.07, 6.45) is 8.50. The van der Waals surface area contributed by atoms with E-state index in [2.05, 4.69) is 52.0 Å². The van der Waals surface area contributed by atoms with Gasteiger partial charge in [0.15, 0.2) is 0 Å². The zero-order valence-corrected chi connectivity index (χ0v) is 11.3. The predicted octanol–water partition coefficient (Wildman–Crippen LogP) is 5.26. The summed E-state index contributed by atoms with van der Waals surface area (Å²) in [5.41, 5.74) is 0. The van der Waals surface area contributed by atoms with Crippen molar-refractivity contribution in [1.82, 2.24) is 0 Å². The predicted molar refractivity (Wildman–Crippen MR) is 71.5 cm³/mol. The minimum Gasteiger partial charge on any atom is -0.122 e. The minimum absolute atomic E-state index is 0.839. The Bertz CT molecular complexity index is 303. The average Bonchev–Trinajstić information content (AvgIpc) is 2.50. The Labute approximate surface area is 105 Å². The van der Waals surface area contributed by atoms with Crippen molar-refractivity contribution >= 4 is 27.7 Å². The van der Waals surface area contributed by atoms with E-state index >= 15 is 0 Å². The quantitative estimate of drug-likeness (QED) is 0.667. The Balaban J connectivity index is 1.98. The lowest BCUT2D eigenvalue weighted by atomic mass is 10.2. The normalized spacial score (nSPS) is 18.7. The maximum Gasteiger partial charge on any atom is 0.0311 e. The van der Waals surface area contributed by atoms with Crippen LogP contribution in [0.25, 0.3) is 0 Å². The van der Waals surface area contributed by atoms with Gasteiger partial charge in [-0.3, -0.25) is 0 Å². The average molecular weight is 285 g/mol. The van der Waals surface area contributed by atoms with Gasteiger partial charge < -0.3 is 0 Å². The molecule has 0 atom stereocenters. The largest absolute Gasteiger partial charge is 0.122 e. The maximum atomic E-state index is 3.62. The zero-order chi connectivity index (χ0) is 10.5. The van der Waals surface area contributed by atoms with Crippen molar-refractivity contribution < 1.29 is 0 Å². The molecule has 0 nitrogen and oxygen atoms in total. The lowest BCUT2D eigenvalue weighted by molar-refractivity contribution is 0.702. The minimum atomic E-state index is 0.839. The van der Waals surface area contributed by atoms with Crippen molar-refractivity contribution in [2.24, 2.45) is 0 Å². The molecule has 0 amide bonds. The van der Waals surface area contributed by atoms with Gasteiger partial charge in [0, 0.05) is 14.6 Å². The molecule has 0 aromatic heterocycles. The van der Waals surface area contributed by atoms with Crippen molar-refractivity contribution in [3.05, 3.63) is 28.7 Å². The third-order valence-electron chi connectivity index (χ3n) is 2.93. The third kappa shape index (κ3) is 3.53. The molecular weight excluding hydrogens is 268 g/mol. The van der Waals surface area contributed by atoms with Gasteiger partial charge in [-0.2, -0.15) is 0 Å². The van der Waals surface area contributed by atoms with Gasteiger partial charge in [0.1, 0.15) is 0 Å². The lowest BCUT2D eigenvalue weighted by Gasteiger charge is -2.14. The van der Waals surface area contributed by atoms with Crippen molar-refractivity contribution in [3.8, 4) is 0 Å². The molecule has 1 aliphatic rings. The highest BCUT2D eigenvalue weighted by molar-refractivity contribution is 9.10. The van der Waals surface area contributed by atoms with Crippen LogP contribution in [0.1, 0.15) is 38.5 Å². The second kappa shape index (κ2) is 5.95. The van der Waals surface area contributed by atoms with Gasteiger partial charge in [0.25, 0.3) is 0 Å². The summed E-state index contributed by atoms with van der Waals surface area (Å²) in [6.45, 7) is 0. The fourth-order valence-electron chi connectivity index (χ4n) is 2.08. The number of benzene rings is 1. The summed E-state index contributed by atoms with van der Waals surface area (Å²) >= 11 is 5.68. The van der Waals surface area contributed by atoms with Crippen LogP contribution in [-0.4, -0.2) is 5.25 Å². The second-order valence-corrected chi connectivity index (χ2v) is 6.36. The van der Waals surface area contributed by atoms with Crippen LogP contribution < -0.4 is 0 Å². The Hall–Kier alpha value is 0.0500. The van der Waals surface area contributed by atoms with Crippen LogP contribution in [0.5, 0.6) is 0 Å². The van der Waals surface area contributed by atoms with Crippen LogP contribution in [0.2, 0.25) is 0 Å². The zero-order valence-electron chi connectivity index (χ0n) is 8.92. The number of hydrogen-bond donors (Lipinski definition) is 0. The molecule has 0 unspecified atom stereocenters. The summed E-state index contributed by atoms with van der Waals surface area (Å²) < 4.78 is 1.25. The van der Waals surface area contributed by atoms with E-state index in [1.165, 1.54) is 47.9 Å². The molecule has 0 bridgehead atoms. The number of rotatable bonds is 2. The molecule has 0 radical (unpaired) electrons. The fourth-order valence-corrected chi connectivity index (χ4v) is 3.91. The summed E-state index contributed by atoms with van der Waals surface area (Å²) in [4.78, 5) is 1.41. The van der Waals surface area contributed by atoms with E-state index in [9.17, 15) is 0 Å². The topological polar surface area (TPSA) is 0 Å². The summed E-state index contributed by atoms with van der Waals surface area (Å²) in [6, 6.07) is 8.57. The van der Waals surface area contributed by atoms with Gasteiger partial charge in [-0.25, -0.2) is 0 Å². The van der Waals surface area contributed by atoms with E-state index < -0.39 is 0 Å². The maximum absolute atomic E-state index is 3.62. The van der Waals surface area contributed by atoms with E-state index in [0.717, 1.165) is 5.25 Å². The molecule has 2 rings (SSSR count). The number of hydrogen-bond acceptors (Lipinski definition) is 1. The molecule has 0 heterocycles. The molecule has 1 aromatic rings. The van der Waals surface area contributed by atoms with E-state index in [1.54, 1.807) is 0 Å². The summed E-state index contributed by atoms with van der Waals surface area (Å²) in [7, 11) is 0. The lowest BCUT2D eigenvalue weighted by Crippen LogP contribution is -1.99. The molecule has 15 heavy (non-hydrogen) atoms. The van der Waals surface area contributed by atoms with Gasteiger partial charge in [0.05, 0.1) is 0 Å². The smallest absolute Gasteiger partial charge is 0.0311 e. The molecule has 0 saturated heterocycles. The summed E-state index contributed by atoms with van der Waals surface area (Å²) in [5, 5.41) is 0.839.